The summed E-state index contributed by atoms with van der Waals surface area (Å²) in [6.07, 6.45) is 0.959. The van der Waals surface area contributed by atoms with Crippen molar-refractivity contribution in [3.63, 3.8) is 0 Å². The average molecular weight is 220 g/mol. The van der Waals surface area contributed by atoms with Crippen LogP contribution in [-0.4, -0.2) is 23.9 Å². The van der Waals surface area contributed by atoms with Crippen molar-refractivity contribution in [3.8, 4) is 0 Å². The van der Waals surface area contributed by atoms with Gasteiger partial charge in [-0.05, 0) is 18.9 Å². The molecule has 1 amide bonds. The Kier molecular flexibility index (Phi) is 4.99. The molecule has 16 heavy (non-hydrogen) atoms. The van der Waals surface area contributed by atoms with E-state index in [9.17, 15) is 4.79 Å². The number of carbonyl (C=O) groups is 1. The largest absolute Gasteiger partial charge is 0.341 e. The standard InChI is InChI=1S/C13H20N2O/c1-3-10-15(4-2)13(16)12(14)11-8-6-5-7-9-11/h5-9,12H,3-4,10,14H2,1-2H3. The van der Waals surface area contributed by atoms with Crippen LogP contribution in [0.4, 0.5) is 0 Å². The maximum absolute atomic E-state index is 12.1. The van der Waals surface area contributed by atoms with Crippen molar-refractivity contribution in [2.75, 3.05) is 13.1 Å². The van der Waals surface area contributed by atoms with Crippen LogP contribution in [0, 0.1) is 0 Å². The van der Waals surface area contributed by atoms with Crippen molar-refractivity contribution < 1.29 is 4.79 Å². The number of carbonyl (C=O) groups excluding carboxylic acids is 1. The lowest BCUT2D eigenvalue weighted by Gasteiger charge is -2.23. The first-order chi connectivity index (χ1) is 7.70. The monoisotopic (exact) mass is 220 g/mol. The third kappa shape index (κ3) is 3.07. The van der Waals surface area contributed by atoms with Crippen molar-refractivity contribution in [2.45, 2.75) is 26.3 Å². The van der Waals surface area contributed by atoms with Crippen LogP contribution in [-0.2, 0) is 4.79 Å². The fourth-order valence-electron chi connectivity index (χ4n) is 1.69. The summed E-state index contributed by atoms with van der Waals surface area (Å²) in [5.41, 5.74) is 6.83. The third-order valence-corrected chi connectivity index (χ3v) is 2.61. The minimum absolute atomic E-state index is 0.00977. The first-order valence-corrected chi connectivity index (χ1v) is 5.80. The number of benzene rings is 1. The highest BCUT2D eigenvalue weighted by Gasteiger charge is 2.20. The van der Waals surface area contributed by atoms with E-state index < -0.39 is 6.04 Å². The third-order valence-electron chi connectivity index (χ3n) is 2.61. The zero-order valence-electron chi connectivity index (χ0n) is 10.0. The van der Waals surface area contributed by atoms with Crippen LogP contribution in [0.15, 0.2) is 30.3 Å². The Hall–Kier alpha value is -1.35. The van der Waals surface area contributed by atoms with Crippen molar-refractivity contribution in [2.24, 2.45) is 5.73 Å². The minimum atomic E-state index is -0.535. The fourth-order valence-corrected chi connectivity index (χ4v) is 1.69. The molecule has 0 saturated carbocycles. The Morgan fingerprint density at radius 2 is 1.94 bits per heavy atom. The Morgan fingerprint density at radius 3 is 2.44 bits per heavy atom. The second-order valence-corrected chi connectivity index (χ2v) is 3.81. The van der Waals surface area contributed by atoms with Crippen LogP contribution in [0.1, 0.15) is 31.9 Å². The van der Waals surface area contributed by atoms with E-state index in [-0.39, 0.29) is 5.91 Å². The molecule has 1 rings (SSSR count). The van der Waals surface area contributed by atoms with Gasteiger partial charge in [0.05, 0.1) is 0 Å². The Bertz CT molecular complexity index is 324. The summed E-state index contributed by atoms with van der Waals surface area (Å²) < 4.78 is 0. The fraction of sp³-hybridized carbons (Fsp3) is 0.462. The highest BCUT2D eigenvalue weighted by atomic mass is 16.2. The van der Waals surface area contributed by atoms with Crippen LogP contribution in [0.25, 0.3) is 0 Å². The Labute approximate surface area is 97.2 Å². The number of nitrogens with two attached hydrogens (primary N) is 1. The van der Waals surface area contributed by atoms with Crippen LogP contribution >= 0.6 is 0 Å². The van der Waals surface area contributed by atoms with Gasteiger partial charge in [-0.15, -0.1) is 0 Å². The molecule has 0 fully saturated rings. The summed E-state index contributed by atoms with van der Waals surface area (Å²) in [4.78, 5) is 13.9. The molecule has 0 saturated heterocycles. The molecule has 0 aliphatic heterocycles. The Balaban J connectivity index is 2.73. The molecular formula is C13H20N2O. The molecule has 0 heterocycles. The van der Waals surface area contributed by atoms with Gasteiger partial charge in [-0.3, -0.25) is 4.79 Å². The van der Waals surface area contributed by atoms with Gasteiger partial charge in [-0.25, -0.2) is 0 Å². The zero-order chi connectivity index (χ0) is 12.0. The van der Waals surface area contributed by atoms with Gasteiger partial charge in [0.2, 0.25) is 5.91 Å². The number of nitrogens with zero attached hydrogens (tertiary/aromatic N) is 1. The van der Waals surface area contributed by atoms with E-state index in [4.69, 9.17) is 5.73 Å². The van der Waals surface area contributed by atoms with Crippen LogP contribution in [0.2, 0.25) is 0 Å². The minimum Gasteiger partial charge on any atom is -0.341 e. The summed E-state index contributed by atoms with van der Waals surface area (Å²) in [7, 11) is 0. The molecule has 1 aromatic rings. The van der Waals surface area contributed by atoms with E-state index in [1.165, 1.54) is 0 Å². The summed E-state index contributed by atoms with van der Waals surface area (Å²) >= 11 is 0. The lowest BCUT2D eigenvalue weighted by molar-refractivity contribution is -0.132. The van der Waals surface area contributed by atoms with E-state index in [0.717, 1.165) is 18.5 Å². The maximum Gasteiger partial charge on any atom is 0.244 e. The summed E-state index contributed by atoms with van der Waals surface area (Å²) in [6, 6.07) is 8.97. The Morgan fingerprint density at radius 1 is 1.31 bits per heavy atom. The number of hydrogen-bond acceptors (Lipinski definition) is 2. The first-order valence-electron chi connectivity index (χ1n) is 5.80. The summed E-state index contributed by atoms with van der Waals surface area (Å²) in [5, 5.41) is 0. The molecule has 0 bridgehead atoms. The molecule has 0 spiro atoms. The molecule has 3 nitrogen and oxygen atoms in total. The molecule has 3 heteroatoms. The van der Waals surface area contributed by atoms with Gasteiger partial charge < -0.3 is 10.6 Å². The highest BCUT2D eigenvalue weighted by Crippen LogP contribution is 2.12. The molecular weight excluding hydrogens is 200 g/mol. The van der Waals surface area contributed by atoms with E-state index in [0.29, 0.717) is 6.54 Å². The van der Waals surface area contributed by atoms with E-state index in [1.807, 2.05) is 37.3 Å². The van der Waals surface area contributed by atoms with E-state index >= 15 is 0 Å². The highest BCUT2D eigenvalue weighted by molar-refractivity contribution is 5.83. The van der Waals surface area contributed by atoms with Gasteiger partial charge in [-0.1, -0.05) is 37.3 Å². The molecule has 0 radical (unpaired) electrons. The summed E-state index contributed by atoms with van der Waals surface area (Å²) in [5.74, 6) is 0.00977. The SMILES string of the molecule is CCCN(CC)C(=O)C(N)c1ccccc1. The predicted molar refractivity (Wildman–Crippen MR) is 65.9 cm³/mol. The molecule has 88 valence electrons. The van der Waals surface area contributed by atoms with Gasteiger partial charge in [-0.2, -0.15) is 0 Å². The van der Waals surface area contributed by atoms with Gasteiger partial charge in [0, 0.05) is 13.1 Å². The molecule has 1 unspecified atom stereocenters. The topological polar surface area (TPSA) is 46.3 Å². The van der Waals surface area contributed by atoms with Crippen LogP contribution in [0.3, 0.4) is 0 Å². The van der Waals surface area contributed by atoms with Gasteiger partial charge in [0.15, 0.2) is 0 Å². The molecule has 0 aliphatic rings. The van der Waals surface area contributed by atoms with E-state index in [2.05, 4.69) is 6.92 Å². The van der Waals surface area contributed by atoms with Gasteiger partial charge >= 0.3 is 0 Å². The number of rotatable bonds is 5. The number of hydrogen-bond donors (Lipinski definition) is 1. The lowest BCUT2D eigenvalue weighted by Crippen LogP contribution is -2.38. The average Bonchev–Trinajstić information content (AvgIpc) is 2.35. The molecule has 2 N–H and O–H groups in total. The summed E-state index contributed by atoms with van der Waals surface area (Å²) in [6.45, 7) is 5.53. The number of amides is 1. The zero-order valence-corrected chi connectivity index (χ0v) is 10.0. The van der Waals surface area contributed by atoms with Gasteiger partial charge in [0.25, 0.3) is 0 Å². The van der Waals surface area contributed by atoms with Crippen LogP contribution < -0.4 is 5.73 Å². The van der Waals surface area contributed by atoms with Crippen molar-refractivity contribution in [3.05, 3.63) is 35.9 Å². The number of likely N-dealkylation sites (N-methyl/N-ethyl adjacent to an activating group) is 1. The normalized spacial score (nSPS) is 12.2. The van der Waals surface area contributed by atoms with E-state index in [1.54, 1.807) is 4.90 Å². The molecule has 0 aromatic heterocycles. The smallest absolute Gasteiger partial charge is 0.244 e. The quantitative estimate of drug-likeness (QED) is 0.824. The maximum atomic E-state index is 12.1. The van der Waals surface area contributed by atoms with Crippen molar-refractivity contribution in [1.82, 2.24) is 4.90 Å². The second-order valence-electron chi connectivity index (χ2n) is 3.81. The second kappa shape index (κ2) is 6.28. The first kappa shape index (κ1) is 12.7. The van der Waals surface area contributed by atoms with Crippen LogP contribution in [0.5, 0.6) is 0 Å². The van der Waals surface area contributed by atoms with Crippen molar-refractivity contribution in [1.29, 1.82) is 0 Å². The predicted octanol–water partition coefficient (Wildman–Crippen LogP) is 1.94. The van der Waals surface area contributed by atoms with Gasteiger partial charge in [0.1, 0.15) is 6.04 Å². The molecule has 1 atom stereocenters. The molecule has 1 aromatic carbocycles. The molecule has 0 aliphatic carbocycles. The lowest BCUT2D eigenvalue weighted by atomic mass is 10.1. The van der Waals surface area contributed by atoms with Crippen molar-refractivity contribution >= 4 is 5.91 Å².